The fraction of sp³-hybridized carbons (Fsp3) is 0.600. The first-order valence-corrected chi connectivity index (χ1v) is 8.04. The number of aryl methyl sites for hydroxylation is 1. The van der Waals surface area contributed by atoms with Crippen molar-refractivity contribution in [2.45, 2.75) is 32.0 Å². The summed E-state index contributed by atoms with van der Waals surface area (Å²) in [6, 6.07) is 2.68. The molecule has 0 spiro atoms. The summed E-state index contributed by atoms with van der Waals surface area (Å²) in [6.07, 6.45) is -5.27. The molecule has 1 fully saturated rings. The summed E-state index contributed by atoms with van der Waals surface area (Å²) in [4.78, 5) is 1.94. The van der Waals surface area contributed by atoms with Gasteiger partial charge in [0.2, 0.25) is 0 Å². The number of nitrogens with zero attached hydrogens (tertiary/aromatic N) is 1. The molecule has 1 aromatic rings. The first-order valence-electron chi connectivity index (χ1n) is 7.25. The number of halogens is 6. The van der Waals surface area contributed by atoms with Crippen LogP contribution in [0, 0.1) is 12.7 Å². The Balaban J connectivity index is 0.00000264. The summed E-state index contributed by atoms with van der Waals surface area (Å²) < 4.78 is 53.0. The van der Waals surface area contributed by atoms with Crippen molar-refractivity contribution < 1.29 is 17.6 Å². The number of rotatable bonds is 4. The molecule has 2 rings (SSSR count). The van der Waals surface area contributed by atoms with Crippen molar-refractivity contribution in [1.29, 1.82) is 0 Å². The summed E-state index contributed by atoms with van der Waals surface area (Å²) in [5, 5.41) is 3.16. The van der Waals surface area contributed by atoms with Crippen molar-refractivity contribution in [2.24, 2.45) is 0 Å². The fourth-order valence-corrected chi connectivity index (χ4v) is 3.41. The van der Waals surface area contributed by atoms with Crippen molar-refractivity contribution in [3.63, 3.8) is 0 Å². The first kappa shape index (κ1) is 20.7. The van der Waals surface area contributed by atoms with E-state index in [0.29, 0.717) is 41.8 Å². The molecule has 1 aliphatic rings. The molecule has 0 unspecified atom stereocenters. The lowest BCUT2D eigenvalue weighted by Crippen LogP contribution is -2.45. The fourth-order valence-electron chi connectivity index (χ4n) is 2.82. The molecule has 1 atom stereocenters. The zero-order valence-corrected chi connectivity index (χ0v) is 15.1. The highest BCUT2D eigenvalue weighted by atomic mass is 79.9. The maximum atomic E-state index is 14.5. The normalized spacial score (nSPS) is 17.7. The summed E-state index contributed by atoms with van der Waals surface area (Å²) in [7, 11) is 0. The van der Waals surface area contributed by atoms with Gasteiger partial charge in [-0.05, 0) is 31.0 Å². The van der Waals surface area contributed by atoms with Gasteiger partial charge in [-0.25, -0.2) is 4.39 Å². The van der Waals surface area contributed by atoms with E-state index in [2.05, 4.69) is 21.2 Å². The molecule has 0 aliphatic carbocycles. The second-order valence-corrected chi connectivity index (χ2v) is 6.50. The van der Waals surface area contributed by atoms with E-state index in [9.17, 15) is 17.6 Å². The average molecular weight is 420 g/mol. The highest BCUT2D eigenvalue weighted by Gasteiger charge is 2.32. The Kier molecular flexibility index (Phi) is 7.77. The van der Waals surface area contributed by atoms with E-state index in [0.717, 1.165) is 0 Å². The Morgan fingerprint density at radius 2 is 1.87 bits per heavy atom. The van der Waals surface area contributed by atoms with E-state index in [1.165, 1.54) is 0 Å². The molecule has 0 aromatic heterocycles. The molecule has 1 heterocycles. The van der Waals surface area contributed by atoms with Gasteiger partial charge in [-0.15, -0.1) is 12.4 Å². The van der Waals surface area contributed by atoms with Crippen LogP contribution in [0.5, 0.6) is 0 Å². The molecule has 2 nitrogen and oxygen atoms in total. The van der Waals surface area contributed by atoms with E-state index < -0.39 is 24.5 Å². The number of hydrogen-bond acceptors (Lipinski definition) is 2. The molecule has 1 aromatic carbocycles. The number of hydrogen-bond donors (Lipinski definition) is 1. The van der Waals surface area contributed by atoms with Crippen LogP contribution in [0.3, 0.4) is 0 Å². The van der Waals surface area contributed by atoms with E-state index in [4.69, 9.17) is 0 Å². The first-order chi connectivity index (χ1) is 10.3. The number of nitrogens with one attached hydrogen (secondary N) is 1. The lowest BCUT2D eigenvalue weighted by Gasteiger charge is -2.36. The van der Waals surface area contributed by atoms with Crippen LogP contribution < -0.4 is 5.32 Å². The Labute approximate surface area is 148 Å². The zero-order chi connectivity index (χ0) is 16.3. The predicted molar refractivity (Wildman–Crippen MR) is 88.6 cm³/mol. The molecule has 23 heavy (non-hydrogen) atoms. The minimum Gasteiger partial charge on any atom is -0.314 e. The molecule has 132 valence electrons. The van der Waals surface area contributed by atoms with E-state index in [1.807, 2.05) is 4.90 Å². The molecule has 8 heteroatoms. The van der Waals surface area contributed by atoms with Gasteiger partial charge < -0.3 is 5.32 Å². The van der Waals surface area contributed by atoms with E-state index in [1.54, 1.807) is 19.1 Å². The molecule has 0 amide bonds. The second kappa shape index (κ2) is 8.65. The van der Waals surface area contributed by atoms with Crippen LogP contribution >= 0.6 is 28.3 Å². The minimum atomic E-state index is -4.23. The van der Waals surface area contributed by atoms with Crippen LogP contribution in [0.2, 0.25) is 0 Å². The standard InChI is InChI=1S/C15H19BrF4N2.ClH/c1-10-8-11(16)9-12(14(10)17)13(2-3-15(18,19)20)22-6-4-21-5-7-22;/h8-9,13,21H,2-7H2,1H3;1H/t13-;/m0./s1. The number of benzene rings is 1. The van der Waals surface area contributed by atoms with Crippen LogP contribution in [-0.2, 0) is 0 Å². The SMILES string of the molecule is Cc1cc(Br)cc([C@H](CCC(F)(F)F)N2CCNCC2)c1F.Cl. The van der Waals surface area contributed by atoms with Gasteiger partial charge in [0.1, 0.15) is 5.82 Å². The van der Waals surface area contributed by atoms with E-state index in [-0.39, 0.29) is 18.8 Å². The third kappa shape index (κ3) is 5.89. The van der Waals surface area contributed by atoms with Crippen molar-refractivity contribution in [3.05, 3.63) is 33.5 Å². The Hall–Kier alpha value is -0.370. The molecule has 0 bridgehead atoms. The van der Waals surface area contributed by atoms with Gasteiger partial charge >= 0.3 is 6.18 Å². The predicted octanol–water partition coefficient (Wildman–Crippen LogP) is 4.61. The van der Waals surface area contributed by atoms with Gasteiger partial charge in [-0.1, -0.05) is 15.9 Å². The van der Waals surface area contributed by atoms with Gasteiger partial charge in [-0.3, -0.25) is 4.90 Å². The highest BCUT2D eigenvalue weighted by molar-refractivity contribution is 9.10. The van der Waals surface area contributed by atoms with Gasteiger partial charge in [0.25, 0.3) is 0 Å². The smallest absolute Gasteiger partial charge is 0.314 e. The van der Waals surface area contributed by atoms with Crippen molar-refractivity contribution in [3.8, 4) is 0 Å². The van der Waals surface area contributed by atoms with Gasteiger partial charge in [0.05, 0.1) is 0 Å². The molecular formula is C15H20BrClF4N2. The molecule has 1 N–H and O–H groups in total. The van der Waals surface area contributed by atoms with Gasteiger partial charge in [0.15, 0.2) is 0 Å². The third-order valence-electron chi connectivity index (χ3n) is 3.90. The Morgan fingerprint density at radius 3 is 2.43 bits per heavy atom. The summed E-state index contributed by atoms with van der Waals surface area (Å²) in [6.45, 7) is 4.28. The highest BCUT2D eigenvalue weighted by Crippen LogP contribution is 2.35. The topological polar surface area (TPSA) is 15.3 Å². The quantitative estimate of drug-likeness (QED) is 0.717. The number of piperazine rings is 1. The largest absolute Gasteiger partial charge is 0.389 e. The Morgan fingerprint density at radius 1 is 1.26 bits per heavy atom. The van der Waals surface area contributed by atoms with Crippen LogP contribution in [0.1, 0.15) is 30.0 Å². The molecule has 0 saturated carbocycles. The Bertz CT molecular complexity index is 519. The van der Waals surface area contributed by atoms with Crippen LogP contribution in [0.15, 0.2) is 16.6 Å². The van der Waals surface area contributed by atoms with Gasteiger partial charge in [-0.2, -0.15) is 13.2 Å². The van der Waals surface area contributed by atoms with Gasteiger partial charge in [0, 0.05) is 48.7 Å². The lowest BCUT2D eigenvalue weighted by atomic mass is 9.97. The van der Waals surface area contributed by atoms with Crippen molar-refractivity contribution in [2.75, 3.05) is 26.2 Å². The van der Waals surface area contributed by atoms with Crippen LogP contribution in [0.25, 0.3) is 0 Å². The summed E-state index contributed by atoms with van der Waals surface area (Å²) in [5.74, 6) is -0.408. The van der Waals surface area contributed by atoms with Crippen molar-refractivity contribution >= 4 is 28.3 Å². The molecule has 0 radical (unpaired) electrons. The third-order valence-corrected chi connectivity index (χ3v) is 4.36. The zero-order valence-electron chi connectivity index (χ0n) is 12.7. The number of alkyl halides is 3. The molecule has 1 aliphatic heterocycles. The second-order valence-electron chi connectivity index (χ2n) is 5.58. The average Bonchev–Trinajstić information content (AvgIpc) is 2.44. The molecular weight excluding hydrogens is 400 g/mol. The van der Waals surface area contributed by atoms with E-state index >= 15 is 0 Å². The van der Waals surface area contributed by atoms with Crippen LogP contribution in [-0.4, -0.2) is 37.3 Å². The maximum absolute atomic E-state index is 14.5. The minimum absolute atomic E-state index is 0. The maximum Gasteiger partial charge on any atom is 0.389 e. The molecule has 1 saturated heterocycles. The summed E-state index contributed by atoms with van der Waals surface area (Å²) >= 11 is 3.31. The lowest BCUT2D eigenvalue weighted by molar-refractivity contribution is -0.138. The van der Waals surface area contributed by atoms with Crippen molar-refractivity contribution in [1.82, 2.24) is 10.2 Å². The monoisotopic (exact) mass is 418 g/mol. The summed E-state index contributed by atoms with van der Waals surface area (Å²) in [5.41, 5.74) is 0.787. The van der Waals surface area contributed by atoms with Crippen LogP contribution in [0.4, 0.5) is 17.6 Å².